The number of rotatable bonds is 3. The van der Waals surface area contributed by atoms with E-state index in [1.807, 2.05) is 0 Å². The molecule has 0 amide bonds. The van der Waals surface area contributed by atoms with Crippen LogP contribution in [0.4, 0.5) is 0 Å². The monoisotopic (exact) mass is 363 g/mol. The van der Waals surface area contributed by atoms with Crippen LogP contribution in [0.1, 0.15) is 20.8 Å². The molecule has 0 fully saturated rings. The third kappa shape index (κ3) is 4.20. The van der Waals surface area contributed by atoms with Gasteiger partial charge >= 0.3 is 0 Å². The topological polar surface area (TPSA) is 46.2 Å². The van der Waals surface area contributed by atoms with Crippen LogP contribution in [0.2, 0.25) is 10.0 Å². The number of hydrogen-bond acceptors (Lipinski definition) is 3. The zero-order chi connectivity index (χ0) is 15.8. The van der Waals surface area contributed by atoms with E-state index in [1.165, 1.54) is 11.3 Å². The van der Waals surface area contributed by atoms with Gasteiger partial charge in [0.1, 0.15) is 4.21 Å². The summed E-state index contributed by atoms with van der Waals surface area (Å²) in [5.74, 6) is 0. The molecule has 2 rings (SSSR count). The Morgan fingerprint density at radius 2 is 1.76 bits per heavy atom. The third-order valence-corrected chi connectivity index (χ3v) is 6.40. The lowest BCUT2D eigenvalue weighted by molar-refractivity contribution is 0.492. The van der Waals surface area contributed by atoms with Crippen molar-refractivity contribution in [1.29, 1.82) is 0 Å². The van der Waals surface area contributed by atoms with Gasteiger partial charge in [0.15, 0.2) is 0 Å². The first-order valence-electron chi connectivity index (χ1n) is 6.18. The number of thiophene rings is 1. The molecule has 21 heavy (non-hydrogen) atoms. The summed E-state index contributed by atoms with van der Waals surface area (Å²) in [5.41, 5.74) is 0.240. The number of hydrogen-bond donors (Lipinski definition) is 1. The van der Waals surface area contributed by atoms with Crippen molar-refractivity contribution >= 4 is 44.6 Å². The van der Waals surface area contributed by atoms with E-state index in [4.69, 9.17) is 23.2 Å². The van der Waals surface area contributed by atoms with Crippen molar-refractivity contribution < 1.29 is 8.42 Å². The number of nitrogens with one attached hydrogen (secondary N) is 1. The summed E-state index contributed by atoms with van der Waals surface area (Å²) in [7, 11) is -3.53. The molecule has 1 heterocycles. The van der Waals surface area contributed by atoms with Gasteiger partial charge in [0.25, 0.3) is 10.0 Å². The van der Waals surface area contributed by atoms with E-state index < -0.39 is 15.6 Å². The zero-order valence-electron chi connectivity index (χ0n) is 11.8. The molecular formula is C14H15Cl2NO2S2. The second-order valence-electron chi connectivity index (χ2n) is 5.60. The minimum atomic E-state index is -3.53. The van der Waals surface area contributed by atoms with Crippen LogP contribution < -0.4 is 4.72 Å². The van der Waals surface area contributed by atoms with Gasteiger partial charge < -0.3 is 0 Å². The maximum Gasteiger partial charge on any atom is 0.250 e. The van der Waals surface area contributed by atoms with Crippen LogP contribution in [-0.4, -0.2) is 14.0 Å². The lowest BCUT2D eigenvalue weighted by Crippen LogP contribution is -2.40. The Balaban J connectivity index is 2.38. The van der Waals surface area contributed by atoms with Gasteiger partial charge in [0.05, 0.1) is 5.02 Å². The standard InChI is InChI=1S/C14H15Cl2NO2S2/c1-14(2,3)17-21(18,19)13-7-6-12(20-13)10-5-4-9(15)8-11(10)16/h4-8,17H,1-3H3. The first-order chi connectivity index (χ1) is 9.58. The molecule has 0 aliphatic carbocycles. The Morgan fingerprint density at radius 3 is 2.33 bits per heavy atom. The number of halogens is 2. The summed E-state index contributed by atoms with van der Waals surface area (Å²) in [5, 5.41) is 1.04. The molecule has 1 aromatic carbocycles. The fraction of sp³-hybridized carbons (Fsp3) is 0.286. The van der Waals surface area contributed by atoms with E-state index in [9.17, 15) is 8.42 Å². The molecule has 7 heteroatoms. The average Bonchev–Trinajstić information content (AvgIpc) is 2.75. The van der Waals surface area contributed by atoms with Crippen LogP contribution in [0.15, 0.2) is 34.5 Å². The summed E-state index contributed by atoms with van der Waals surface area (Å²) >= 11 is 13.2. The molecule has 1 aromatic heterocycles. The average molecular weight is 364 g/mol. The fourth-order valence-electron chi connectivity index (χ4n) is 1.75. The van der Waals surface area contributed by atoms with Crippen LogP contribution in [0, 0.1) is 0 Å². The van der Waals surface area contributed by atoms with Crippen molar-refractivity contribution in [1.82, 2.24) is 4.72 Å². The zero-order valence-corrected chi connectivity index (χ0v) is 14.9. The molecule has 0 saturated carbocycles. The molecule has 0 unspecified atom stereocenters. The Hall–Kier alpha value is -0.590. The Labute approximate surface area is 139 Å². The molecule has 0 radical (unpaired) electrons. The van der Waals surface area contributed by atoms with E-state index in [-0.39, 0.29) is 4.21 Å². The van der Waals surface area contributed by atoms with Crippen LogP contribution in [-0.2, 0) is 10.0 Å². The molecule has 0 spiro atoms. The summed E-state index contributed by atoms with van der Waals surface area (Å²) in [6, 6.07) is 8.48. The Morgan fingerprint density at radius 1 is 1.10 bits per heavy atom. The fourth-order valence-corrected chi connectivity index (χ4v) is 5.08. The van der Waals surface area contributed by atoms with E-state index in [0.717, 1.165) is 10.4 Å². The molecule has 0 atom stereocenters. The van der Waals surface area contributed by atoms with Crippen molar-refractivity contribution in [3.63, 3.8) is 0 Å². The molecular weight excluding hydrogens is 349 g/mol. The third-order valence-electron chi connectivity index (χ3n) is 2.48. The minimum absolute atomic E-state index is 0.262. The predicted molar refractivity (Wildman–Crippen MR) is 89.8 cm³/mol. The first-order valence-corrected chi connectivity index (χ1v) is 9.23. The maximum atomic E-state index is 12.3. The highest BCUT2D eigenvalue weighted by Gasteiger charge is 2.24. The van der Waals surface area contributed by atoms with Gasteiger partial charge in [-0.1, -0.05) is 29.3 Å². The van der Waals surface area contributed by atoms with Gasteiger partial charge in [-0.3, -0.25) is 0 Å². The molecule has 1 N–H and O–H groups in total. The highest BCUT2D eigenvalue weighted by atomic mass is 35.5. The van der Waals surface area contributed by atoms with E-state index >= 15 is 0 Å². The number of benzene rings is 1. The second-order valence-corrected chi connectivity index (χ2v) is 9.44. The Kier molecular flexibility index (Phi) is 4.71. The highest BCUT2D eigenvalue weighted by Crippen LogP contribution is 2.36. The SMILES string of the molecule is CC(C)(C)NS(=O)(=O)c1ccc(-c2ccc(Cl)cc2Cl)s1. The van der Waals surface area contributed by atoms with Crippen molar-refractivity contribution in [2.75, 3.05) is 0 Å². The van der Waals surface area contributed by atoms with Gasteiger partial charge in [-0.25, -0.2) is 13.1 Å². The lowest BCUT2D eigenvalue weighted by Gasteiger charge is -2.19. The van der Waals surface area contributed by atoms with Gasteiger partial charge in [-0.05, 0) is 45.0 Å². The summed E-state index contributed by atoms with van der Waals surface area (Å²) in [6.45, 7) is 5.40. The summed E-state index contributed by atoms with van der Waals surface area (Å²) in [4.78, 5) is 0.783. The normalized spacial score (nSPS) is 12.6. The summed E-state index contributed by atoms with van der Waals surface area (Å²) < 4.78 is 27.4. The van der Waals surface area contributed by atoms with Gasteiger partial charge in [0, 0.05) is 21.0 Å². The van der Waals surface area contributed by atoms with E-state index in [0.29, 0.717) is 10.0 Å². The minimum Gasteiger partial charge on any atom is -0.206 e. The van der Waals surface area contributed by atoms with Crippen molar-refractivity contribution in [2.24, 2.45) is 0 Å². The molecule has 114 valence electrons. The van der Waals surface area contributed by atoms with Crippen molar-refractivity contribution in [2.45, 2.75) is 30.5 Å². The maximum absolute atomic E-state index is 12.3. The molecule has 0 saturated heterocycles. The summed E-state index contributed by atoms with van der Waals surface area (Å²) in [6.07, 6.45) is 0. The van der Waals surface area contributed by atoms with Crippen molar-refractivity contribution in [3.05, 3.63) is 40.4 Å². The molecule has 0 bridgehead atoms. The van der Waals surface area contributed by atoms with Crippen molar-refractivity contribution in [3.8, 4) is 10.4 Å². The highest BCUT2D eigenvalue weighted by molar-refractivity contribution is 7.91. The van der Waals surface area contributed by atoms with Gasteiger partial charge in [-0.15, -0.1) is 11.3 Å². The molecule has 0 aliphatic rings. The first kappa shape index (κ1) is 16.8. The Bertz CT molecular complexity index is 762. The van der Waals surface area contributed by atoms with Gasteiger partial charge in [-0.2, -0.15) is 0 Å². The van der Waals surface area contributed by atoms with Crippen LogP contribution in [0.3, 0.4) is 0 Å². The smallest absolute Gasteiger partial charge is 0.206 e. The molecule has 0 aliphatic heterocycles. The lowest BCUT2D eigenvalue weighted by atomic mass is 10.1. The van der Waals surface area contributed by atoms with Crippen LogP contribution in [0.25, 0.3) is 10.4 Å². The molecule has 3 nitrogen and oxygen atoms in total. The predicted octanol–water partition coefficient (Wildman–Crippen LogP) is 4.80. The largest absolute Gasteiger partial charge is 0.250 e. The molecule has 2 aromatic rings. The van der Waals surface area contributed by atoms with Crippen LogP contribution >= 0.6 is 34.5 Å². The second kappa shape index (κ2) is 5.89. The number of sulfonamides is 1. The van der Waals surface area contributed by atoms with Crippen LogP contribution in [0.5, 0.6) is 0 Å². The van der Waals surface area contributed by atoms with E-state index in [2.05, 4.69) is 4.72 Å². The van der Waals surface area contributed by atoms with Gasteiger partial charge in [0.2, 0.25) is 0 Å². The van der Waals surface area contributed by atoms with E-state index in [1.54, 1.807) is 51.1 Å². The quantitative estimate of drug-likeness (QED) is 0.850.